The lowest BCUT2D eigenvalue weighted by Gasteiger charge is -2.12. The number of fused-ring (bicyclic) bond motifs is 1. The molecule has 2 aliphatic rings. The Morgan fingerprint density at radius 2 is 2.15 bits per heavy atom. The molecule has 0 fully saturated rings. The van der Waals surface area contributed by atoms with E-state index in [9.17, 15) is 8.42 Å². The highest BCUT2D eigenvalue weighted by atomic mass is 32.2. The molecule has 0 unspecified atom stereocenters. The molecule has 0 saturated carbocycles. The van der Waals surface area contributed by atoms with E-state index in [1.54, 1.807) is 12.1 Å². The maximum atomic E-state index is 12.1. The quantitative estimate of drug-likeness (QED) is 0.905. The zero-order valence-corrected chi connectivity index (χ0v) is 11.7. The molecule has 0 aromatic heterocycles. The van der Waals surface area contributed by atoms with Crippen molar-refractivity contribution in [2.75, 3.05) is 13.2 Å². The highest BCUT2D eigenvalue weighted by Gasteiger charge is 2.23. The van der Waals surface area contributed by atoms with Crippen LogP contribution in [0.2, 0.25) is 0 Å². The summed E-state index contributed by atoms with van der Waals surface area (Å²) in [5.41, 5.74) is 0. The number of allylic oxidation sites excluding steroid dienone is 3. The normalized spacial score (nSPS) is 20.3. The molecule has 0 atom stereocenters. The molecule has 0 saturated heterocycles. The lowest BCUT2D eigenvalue weighted by molar-refractivity contribution is 0.320. The topological polar surface area (TPSA) is 64.6 Å². The minimum absolute atomic E-state index is 0.118. The van der Waals surface area contributed by atoms with Gasteiger partial charge in [0.05, 0.1) is 0 Å². The van der Waals surface area contributed by atoms with Gasteiger partial charge >= 0.3 is 0 Å². The van der Waals surface area contributed by atoms with Crippen LogP contribution in [0, 0.1) is 0 Å². The van der Waals surface area contributed by atoms with Crippen molar-refractivity contribution in [2.45, 2.75) is 17.7 Å². The van der Waals surface area contributed by atoms with Crippen molar-refractivity contribution in [1.82, 2.24) is 4.72 Å². The Morgan fingerprint density at radius 3 is 2.95 bits per heavy atom. The van der Waals surface area contributed by atoms with E-state index in [-0.39, 0.29) is 11.4 Å². The lowest BCUT2D eigenvalue weighted by atomic mass is 10.2. The van der Waals surface area contributed by atoms with Crippen molar-refractivity contribution in [2.24, 2.45) is 0 Å². The highest BCUT2D eigenvalue weighted by Crippen LogP contribution is 2.30. The van der Waals surface area contributed by atoms with E-state index in [4.69, 9.17) is 9.47 Å². The average molecular weight is 293 g/mol. The molecule has 0 spiro atoms. The maximum Gasteiger partial charge on any atom is 0.244 e. The van der Waals surface area contributed by atoms with Gasteiger partial charge < -0.3 is 9.47 Å². The van der Waals surface area contributed by atoms with Crippen LogP contribution in [0.15, 0.2) is 47.1 Å². The van der Waals surface area contributed by atoms with Crippen LogP contribution in [0.25, 0.3) is 0 Å². The Kier molecular flexibility index (Phi) is 3.50. The van der Waals surface area contributed by atoms with Gasteiger partial charge in [0, 0.05) is 12.6 Å². The maximum absolute atomic E-state index is 12.1. The minimum atomic E-state index is -3.53. The van der Waals surface area contributed by atoms with Gasteiger partial charge in [0.2, 0.25) is 10.0 Å². The number of rotatable bonds is 2. The zero-order valence-electron chi connectivity index (χ0n) is 10.8. The number of sulfonamides is 1. The van der Waals surface area contributed by atoms with E-state index in [1.165, 1.54) is 6.07 Å². The first-order valence-electron chi connectivity index (χ1n) is 6.46. The minimum Gasteiger partial charge on any atom is -0.491 e. The van der Waals surface area contributed by atoms with Crippen LogP contribution in [-0.4, -0.2) is 21.6 Å². The third kappa shape index (κ3) is 2.71. The number of nitrogens with one attached hydrogen (secondary N) is 1. The van der Waals surface area contributed by atoms with Crippen LogP contribution in [-0.2, 0) is 10.0 Å². The summed E-state index contributed by atoms with van der Waals surface area (Å²) in [6, 6.07) is 4.83. The fourth-order valence-electron chi connectivity index (χ4n) is 2.10. The molecule has 1 aliphatic heterocycles. The zero-order chi connectivity index (χ0) is 14.0. The molecule has 0 amide bonds. The summed E-state index contributed by atoms with van der Waals surface area (Å²) in [6.07, 6.45) is 7.83. The van der Waals surface area contributed by atoms with Crippen molar-refractivity contribution in [1.29, 1.82) is 0 Å². The summed E-state index contributed by atoms with van der Waals surface area (Å²) in [6.45, 7) is 0.585. The number of ether oxygens (including phenoxy) is 2. The van der Waals surface area contributed by atoms with Crippen molar-refractivity contribution in [3.8, 4) is 11.5 Å². The molecule has 1 aromatic carbocycles. The van der Waals surface area contributed by atoms with Gasteiger partial charge in [-0.05, 0) is 37.1 Å². The molecule has 106 valence electrons. The Hall–Kier alpha value is -1.79. The molecule has 5 nitrogen and oxygen atoms in total. The predicted molar refractivity (Wildman–Crippen MR) is 74.2 cm³/mol. The molecule has 1 heterocycles. The van der Waals surface area contributed by atoms with Crippen molar-refractivity contribution >= 4 is 10.0 Å². The summed E-state index contributed by atoms with van der Waals surface area (Å²) in [4.78, 5) is 0.118. The third-order valence-corrected chi connectivity index (χ3v) is 4.54. The molecular formula is C14H15NO4S. The monoisotopic (exact) mass is 293 g/mol. The SMILES string of the molecule is O=S1(=O)NCCOc2ccc(OC3=CCCC=C3)cc21. The van der Waals surface area contributed by atoms with Crippen LogP contribution in [0.1, 0.15) is 12.8 Å². The van der Waals surface area contributed by atoms with Crippen LogP contribution in [0.5, 0.6) is 11.5 Å². The van der Waals surface area contributed by atoms with Crippen LogP contribution >= 0.6 is 0 Å². The van der Waals surface area contributed by atoms with Gasteiger partial charge in [0.25, 0.3) is 0 Å². The lowest BCUT2D eigenvalue weighted by Crippen LogP contribution is -2.24. The fraction of sp³-hybridized carbons (Fsp3) is 0.286. The number of hydrogen-bond donors (Lipinski definition) is 1. The highest BCUT2D eigenvalue weighted by molar-refractivity contribution is 7.89. The Labute approximate surface area is 117 Å². The Bertz CT molecular complexity index is 676. The van der Waals surface area contributed by atoms with Crippen molar-refractivity contribution < 1.29 is 17.9 Å². The van der Waals surface area contributed by atoms with Gasteiger partial charge in [-0.1, -0.05) is 6.08 Å². The molecule has 0 bridgehead atoms. The first kappa shape index (κ1) is 13.2. The Morgan fingerprint density at radius 1 is 1.25 bits per heavy atom. The summed E-state index contributed by atoms with van der Waals surface area (Å²) < 4.78 is 37.7. The molecule has 1 aliphatic carbocycles. The van der Waals surface area contributed by atoms with E-state index in [1.807, 2.05) is 18.2 Å². The average Bonchev–Trinajstić information content (AvgIpc) is 2.59. The van der Waals surface area contributed by atoms with Crippen LogP contribution in [0.3, 0.4) is 0 Å². The number of hydrogen-bond acceptors (Lipinski definition) is 4. The summed E-state index contributed by atoms with van der Waals surface area (Å²) in [5, 5.41) is 0. The second-order valence-corrected chi connectivity index (χ2v) is 6.28. The summed E-state index contributed by atoms with van der Waals surface area (Å²) in [7, 11) is -3.53. The van der Waals surface area contributed by atoms with Gasteiger partial charge in [-0.3, -0.25) is 0 Å². The van der Waals surface area contributed by atoms with E-state index in [2.05, 4.69) is 4.72 Å². The predicted octanol–water partition coefficient (Wildman–Crippen LogP) is 1.97. The molecule has 6 heteroatoms. The first-order valence-corrected chi connectivity index (χ1v) is 7.94. The molecule has 1 N–H and O–H groups in total. The number of benzene rings is 1. The van der Waals surface area contributed by atoms with Gasteiger partial charge in [-0.15, -0.1) is 0 Å². The van der Waals surface area contributed by atoms with Crippen molar-refractivity contribution in [3.05, 3.63) is 42.2 Å². The van der Waals surface area contributed by atoms with E-state index in [0.29, 0.717) is 18.1 Å². The second kappa shape index (κ2) is 5.30. The van der Waals surface area contributed by atoms with Crippen molar-refractivity contribution in [3.63, 3.8) is 0 Å². The van der Waals surface area contributed by atoms with Gasteiger partial charge in [0.1, 0.15) is 28.8 Å². The first-order chi connectivity index (χ1) is 9.65. The molecule has 0 radical (unpaired) electrons. The second-order valence-electron chi connectivity index (χ2n) is 4.54. The summed E-state index contributed by atoms with van der Waals surface area (Å²) in [5.74, 6) is 1.57. The van der Waals surface area contributed by atoms with Crippen LogP contribution < -0.4 is 14.2 Å². The van der Waals surface area contributed by atoms with E-state index in [0.717, 1.165) is 18.6 Å². The standard InChI is InChI=1S/C14H15NO4S/c16-20(17)14-10-12(19-11-4-2-1-3-5-11)6-7-13(14)18-9-8-15-20/h2,4-7,10,15H,1,3,8-9H2. The van der Waals surface area contributed by atoms with E-state index < -0.39 is 10.0 Å². The molecule has 20 heavy (non-hydrogen) atoms. The third-order valence-electron chi connectivity index (χ3n) is 3.05. The van der Waals surface area contributed by atoms with Gasteiger partial charge in [-0.25, -0.2) is 13.1 Å². The smallest absolute Gasteiger partial charge is 0.244 e. The molecule has 1 aromatic rings. The van der Waals surface area contributed by atoms with E-state index >= 15 is 0 Å². The largest absolute Gasteiger partial charge is 0.491 e. The van der Waals surface area contributed by atoms with Gasteiger partial charge in [-0.2, -0.15) is 0 Å². The molecule has 3 rings (SSSR count). The Balaban J connectivity index is 1.93. The summed E-state index contributed by atoms with van der Waals surface area (Å²) >= 11 is 0. The molecular weight excluding hydrogens is 278 g/mol. The fourth-order valence-corrected chi connectivity index (χ4v) is 3.27. The van der Waals surface area contributed by atoms with Gasteiger partial charge in [0.15, 0.2) is 0 Å². The van der Waals surface area contributed by atoms with Crippen LogP contribution in [0.4, 0.5) is 0 Å².